The maximum absolute atomic E-state index is 11.8. The van der Waals surface area contributed by atoms with Crippen LogP contribution in [0, 0.1) is 0 Å². The molecule has 0 heterocycles. The zero-order valence-corrected chi connectivity index (χ0v) is 8.77. The molecule has 0 saturated heterocycles. The molecular weight excluding hydrogens is 220 g/mol. The minimum atomic E-state index is -2.46. The molecule has 2 nitrogen and oxygen atoms in total. The number of nitrogens with two attached hydrogens (primary N) is 1. The van der Waals surface area contributed by atoms with Crippen molar-refractivity contribution in [2.75, 3.05) is 6.61 Å². The lowest BCUT2D eigenvalue weighted by molar-refractivity contribution is 0.00984. The van der Waals surface area contributed by atoms with Crippen molar-refractivity contribution < 1.29 is 13.5 Å². The Morgan fingerprint density at radius 3 is 2.67 bits per heavy atom. The molecule has 0 bridgehead atoms. The van der Waals surface area contributed by atoms with Crippen LogP contribution in [-0.2, 0) is 11.3 Å². The van der Waals surface area contributed by atoms with Crippen LogP contribution in [-0.4, -0.2) is 18.0 Å². The summed E-state index contributed by atoms with van der Waals surface area (Å²) in [5, 5.41) is 0. The van der Waals surface area contributed by atoms with E-state index >= 15 is 0 Å². The van der Waals surface area contributed by atoms with E-state index < -0.39 is 13.0 Å². The highest BCUT2D eigenvalue weighted by atomic mass is 32.1. The summed E-state index contributed by atoms with van der Waals surface area (Å²) in [6, 6.07) is 7.05. The van der Waals surface area contributed by atoms with Gasteiger partial charge in [-0.1, -0.05) is 36.5 Å². The molecule has 0 radical (unpaired) electrons. The molecule has 0 saturated carbocycles. The average Bonchev–Trinajstić information content (AvgIpc) is 2.17. The van der Waals surface area contributed by atoms with Gasteiger partial charge in [0, 0.05) is 5.56 Å². The minimum Gasteiger partial charge on any atom is -0.389 e. The highest BCUT2D eigenvalue weighted by Crippen LogP contribution is 2.10. The molecular formula is C10H11F2NOS. The smallest absolute Gasteiger partial charge is 0.261 e. The lowest BCUT2D eigenvalue weighted by atomic mass is 10.1. The predicted molar refractivity (Wildman–Crippen MR) is 58.0 cm³/mol. The third-order valence-electron chi connectivity index (χ3n) is 1.78. The molecule has 82 valence electrons. The van der Waals surface area contributed by atoms with Gasteiger partial charge in [0.05, 0.1) is 6.61 Å². The molecule has 0 aliphatic rings. The Labute approximate surface area is 92.0 Å². The molecule has 2 N–H and O–H groups in total. The second-order valence-corrected chi connectivity index (χ2v) is 3.37. The van der Waals surface area contributed by atoms with Crippen LogP contribution in [0.15, 0.2) is 24.3 Å². The Morgan fingerprint density at radius 2 is 2.07 bits per heavy atom. The number of halogens is 2. The zero-order valence-electron chi connectivity index (χ0n) is 7.95. The first-order chi connectivity index (χ1) is 7.11. The van der Waals surface area contributed by atoms with E-state index in [4.69, 9.17) is 22.7 Å². The summed E-state index contributed by atoms with van der Waals surface area (Å²) in [5.74, 6) is 0. The monoisotopic (exact) mass is 231 g/mol. The Bertz CT molecular complexity index is 344. The van der Waals surface area contributed by atoms with Gasteiger partial charge in [-0.15, -0.1) is 0 Å². The van der Waals surface area contributed by atoms with Crippen LogP contribution in [0.5, 0.6) is 0 Å². The number of rotatable bonds is 5. The number of hydrogen-bond acceptors (Lipinski definition) is 2. The molecule has 0 atom stereocenters. The van der Waals surface area contributed by atoms with Crippen molar-refractivity contribution in [2.24, 2.45) is 5.73 Å². The van der Waals surface area contributed by atoms with Crippen molar-refractivity contribution in [3.63, 3.8) is 0 Å². The summed E-state index contributed by atoms with van der Waals surface area (Å²) < 4.78 is 28.4. The highest BCUT2D eigenvalue weighted by molar-refractivity contribution is 7.80. The van der Waals surface area contributed by atoms with Gasteiger partial charge in [-0.2, -0.15) is 0 Å². The van der Waals surface area contributed by atoms with Crippen LogP contribution >= 0.6 is 12.2 Å². The topological polar surface area (TPSA) is 35.2 Å². The van der Waals surface area contributed by atoms with Crippen LogP contribution < -0.4 is 5.73 Å². The van der Waals surface area contributed by atoms with E-state index in [-0.39, 0.29) is 11.6 Å². The summed E-state index contributed by atoms with van der Waals surface area (Å²) in [5.41, 5.74) is 6.87. The van der Waals surface area contributed by atoms with E-state index in [0.29, 0.717) is 5.56 Å². The van der Waals surface area contributed by atoms with E-state index in [2.05, 4.69) is 0 Å². The molecule has 0 aromatic heterocycles. The number of thiocarbonyl (C=S) groups is 1. The van der Waals surface area contributed by atoms with Gasteiger partial charge in [0.15, 0.2) is 0 Å². The van der Waals surface area contributed by atoms with Crippen LogP contribution in [0.1, 0.15) is 11.1 Å². The summed E-state index contributed by atoms with van der Waals surface area (Å²) in [4.78, 5) is 0.242. The fourth-order valence-electron chi connectivity index (χ4n) is 1.14. The van der Waals surface area contributed by atoms with E-state index in [9.17, 15) is 8.78 Å². The Kier molecular flexibility index (Phi) is 4.58. The average molecular weight is 231 g/mol. The van der Waals surface area contributed by atoms with E-state index in [0.717, 1.165) is 5.56 Å². The summed E-state index contributed by atoms with van der Waals surface area (Å²) >= 11 is 4.83. The molecule has 0 unspecified atom stereocenters. The maximum Gasteiger partial charge on any atom is 0.261 e. The van der Waals surface area contributed by atoms with Gasteiger partial charge in [0.25, 0.3) is 6.43 Å². The Balaban J connectivity index is 2.63. The molecule has 1 aromatic rings. The van der Waals surface area contributed by atoms with Crippen molar-refractivity contribution in [1.82, 2.24) is 0 Å². The van der Waals surface area contributed by atoms with Crippen LogP contribution in [0.25, 0.3) is 0 Å². The molecule has 0 spiro atoms. The van der Waals surface area contributed by atoms with E-state index in [1.165, 1.54) is 0 Å². The van der Waals surface area contributed by atoms with Crippen molar-refractivity contribution in [2.45, 2.75) is 13.0 Å². The third-order valence-corrected chi connectivity index (χ3v) is 2.00. The SMILES string of the molecule is NC(=S)c1ccccc1COCC(F)F. The third kappa shape index (κ3) is 3.89. The van der Waals surface area contributed by atoms with Gasteiger partial charge >= 0.3 is 0 Å². The van der Waals surface area contributed by atoms with E-state index in [1.807, 2.05) is 0 Å². The van der Waals surface area contributed by atoms with Crippen LogP contribution in [0.4, 0.5) is 8.78 Å². The lowest BCUT2D eigenvalue weighted by Crippen LogP contribution is -2.13. The number of benzene rings is 1. The molecule has 0 aliphatic carbocycles. The van der Waals surface area contributed by atoms with E-state index in [1.54, 1.807) is 24.3 Å². The normalized spacial score (nSPS) is 10.6. The Morgan fingerprint density at radius 1 is 1.40 bits per heavy atom. The minimum absolute atomic E-state index is 0.0951. The number of ether oxygens (including phenoxy) is 1. The standard InChI is InChI=1S/C10H11F2NOS/c11-9(12)6-14-5-7-3-1-2-4-8(7)10(13)15/h1-4,9H,5-6H2,(H2,13,15). The fraction of sp³-hybridized carbons (Fsp3) is 0.300. The lowest BCUT2D eigenvalue weighted by Gasteiger charge is -2.08. The van der Waals surface area contributed by atoms with Crippen LogP contribution in [0.3, 0.4) is 0 Å². The summed E-state index contributed by atoms with van der Waals surface area (Å²) in [6.45, 7) is -0.483. The number of alkyl halides is 2. The molecule has 0 amide bonds. The van der Waals surface area contributed by atoms with Crippen molar-refractivity contribution >= 4 is 17.2 Å². The first-order valence-corrected chi connectivity index (χ1v) is 4.75. The molecule has 15 heavy (non-hydrogen) atoms. The Hall–Kier alpha value is -1.07. The van der Waals surface area contributed by atoms with Gasteiger partial charge in [0.2, 0.25) is 0 Å². The fourth-order valence-corrected chi connectivity index (χ4v) is 1.34. The first kappa shape index (κ1) is 12.0. The molecule has 5 heteroatoms. The quantitative estimate of drug-likeness (QED) is 0.788. The first-order valence-electron chi connectivity index (χ1n) is 4.35. The molecule has 1 rings (SSSR count). The zero-order chi connectivity index (χ0) is 11.3. The highest BCUT2D eigenvalue weighted by Gasteiger charge is 2.06. The molecule has 0 aliphatic heterocycles. The van der Waals surface area contributed by atoms with Gasteiger partial charge < -0.3 is 10.5 Å². The van der Waals surface area contributed by atoms with Gasteiger partial charge in [-0.3, -0.25) is 0 Å². The summed E-state index contributed by atoms with van der Waals surface area (Å²) in [7, 11) is 0. The second kappa shape index (κ2) is 5.72. The van der Waals surface area contributed by atoms with Gasteiger partial charge in [0.1, 0.15) is 11.6 Å². The largest absolute Gasteiger partial charge is 0.389 e. The van der Waals surface area contributed by atoms with Crippen molar-refractivity contribution in [1.29, 1.82) is 0 Å². The predicted octanol–water partition coefficient (Wildman–Crippen LogP) is 2.10. The van der Waals surface area contributed by atoms with Crippen molar-refractivity contribution in [3.05, 3.63) is 35.4 Å². The van der Waals surface area contributed by atoms with Crippen molar-refractivity contribution in [3.8, 4) is 0 Å². The van der Waals surface area contributed by atoms with Gasteiger partial charge in [-0.25, -0.2) is 8.78 Å². The molecule has 1 aromatic carbocycles. The van der Waals surface area contributed by atoms with Crippen LogP contribution in [0.2, 0.25) is 0 Å². The number of hydrogen-bond donors (Lipinski definition) is 1. The maximum atomic E-state index is 11.8. The second-order valence-electron chi connectivity index (χ2n) is 2.93. The summed E-state index contributed by atoms with van der Waals surface area (Å²) in [6.07, 6.45) is -2.46. The van der Waals surface area contributed by atoms with Gasteiger partial charge in [-0.05, 0) is 5.56 Å². The molecule has 0 fully saturated rings.